The highest BCUT2D eigenvalue weighted by molar-refractivity contribution is 5.88. The molecule has 3 unspecified atom stereocenters. The summed E-state index contributed by atoms with van der Waals surface area (Å²) in [5.41, 5.74) is 5.65. The van der Waals surface area contributed by atoms with Crippen LogP contribution in [0.1, 0.15) is 40.0 Å². The molecule has 2 rings (SSSR count). The van der Waals surface area contributed by atoms with Gasteiger partial charge in [0.25, 0.3) is 0 Å². The molecule has 108 valence electrons. The molecule has 1 amide bonds. The molecule has 5 nitrogen and oxygen atoms in total. The number of carbonyl (C=O) groups excluding carboxylic acids is 1. The summed E-state index contributed by atoms with van der Waals surface area (Å²) in [5, 5.41) is 9.43. The molecular formula is C14H24N2O3. The third kappa shape index (κ3) is 2.48. The van der Waals surface area contributed by atoms with Gasteiger partial charge in [0.05, 0.1) is 6.04 Å². The monoisotopic (exact) mass is 268 g/mol. The maximum Gasteiger partial charge on any atom is 0.326 e. The van der Waals surface area contributed by atoms with E-state index in [0.717, 1.165) is 19.3 Å². The molecule has 1 saturated carbocycles. The van der Waals surface area contributed by atoms with Gasteiger partial charge in [0.2, 0.25) is 5.91 Å². The molecule has 2 fully saturated rings. The molecule has 0 bridgehead atoms. The Bertz CT molecular complexity index is 389. The number of fused-ring (bicyclic) bond motifs is 1. The van der Waals surface area contributed by atoms with Gasteiger partial charge in [-0.1, -0.05) is 27.2 Å². The Balaban J connectivity index is 2.19. The van der Waals surface area contributed by atoms with Gasteiger partial charge in [-0.15, -0.1) is 0 Å². The first-order chi connectivity index (χ1) is 8.73. The van der Waals surface area contributed by atoms with E-state index in [9.17, 15) is 14.7 Å². The number of carboxylic acids is 1. The van der Waals surface area contributed by atoms with Crippen molar-refractivity contribution in [3.8, 4) is 0 Å². The number of nitrogens with two attached hydrogens (primary N) is 1. The van der Waals surface area contributed by atoms with Crippen molar-refractivity contribution < 1.29 is 14.7 Å². The van der Waals surface area contributed by atoms with Gasteiger partial charge < -0.3 is 15.7 Å². The summed E-state index contributed by atoms with van der Waals surface area (Å²) >= 11 is 0. The first-order valence-corrected chi connectivity index (χ1v) is 7.02. The Labute approximate surface area is 114 Å². The minimum atomic E-state index is -0.885. The molecule has 1 saturated heterocycles. The normalized spacial score (nSPS) is 32.2. The van der Waals surface area contributed by atoms with Crippen LogP contribution in [0.15, 0.2) is 0 Å². The summed E-state index contributed by atoms with van der Waals surface area (Å²) in [7, 11) is 0. The maximum absolute atomic E-state index is 12.5. The maximum atomic E-state index is 12.5. The predicted molar refractivity (Wildman–Crippen MR) is 71.4 cm³/mol. The molecule has 0 radical (unpaired) electrons. The van der Waals surface area contributed by atoms with Crippen LogP contribution in [0.4, 0.5) is 0 Å². The Kier molecular flexibility index (Phi) is 3.60. The van der Waals surface area contributed by atoms with E-state index in [1.54, 1.807) is 0 Å². The van der Waals surface area contributed by atoms with E-state index in [-0.39, 0.29) is 17.2 Å². The third-order valence-electron chi connectivity index (χ3n) is 4.63. The van der Waals surface area contributed by atoms with Crippen molar-refractivity contribution in [2.45, 2.75) is 52.1 Å². The SMILES string of the molecule is CC(C)(C)[C@H](N)C(=O)N1CC2CCCC2C1C(=O)O. The lowest BCUT2D eigenvalue weighted by Crippen LogP contribution is -2.54. The van der Waals surface area contributed by atoms with Crippen LogP contribution in [0.3, 0.4) is 0 Å². The summed E-state index contributed by atoms with van der Waals surface area (Å²) in [5.74, 6) is -0.635. The highest BCUT2D eigenvalue weighted by Gasteiger charge is 2.50. The second kappa shape index (κ2) is 4.78. The number of amides is 1. The number of hydrogen-bond donors (Lipinski definition) is 2. The van der Waals surface area contributed by atoms with E-state index in [1.807, 2.05) is 20.8 Å². The van der Waals surface area contributed by atoms with Gasteiger partial charge in [0, 0.05) is 6.54 Å². The zero-order valence-corrected chi connectivity index (χ0v) is 11.9. The molecule has 0 aromatic rings. The molecule has 4 atom stereocenters. The van der Waals surface area contributed by atoms with Crippen molar-refractivity contribution in [1.29, 1.82) is 0 Å². The van der Waals surface area contributed by atoms with Crippen molar-refractivity contribution in [2.24, 2.45) is 23.0 Å². The summed E-state index contributed by atoms with van der Waals surface area (Å²) in [6.45, 7) is 6.27. The lowest BCUT2D eigenvalue weighted by molar-refractivity contribution is -0.151. The second-order valence-electron chi connectivity index (χ2n) is 6.97. The van der Waals surface area contributed by atoms with Crippen LogP contribution in [-0.4, -0.2) is 40.5 Å². The number of carbonyl (C=O) groups is 2. The summed E-state index contributed by atoms with van der Waals surface area (Å²) in [6.07, 6.45) is 3.02. The van der Waals surface area contributed by atoms with Crippen LogP contribution in [0.2, 0.25) is 0 Å². The van der Waals surface area contributed by atoms with Gasteiger partial charge in [-0.3, -0.25) is 4.79 Å². The zero-order valence-electron chi connectivity index (χ0n) is 11.9. The molecule has 1 heterocycles. The highest BCUT2D eigenvalue weighted by atomic mass is 16.4. The predicted octanol–water partition coefficient (Wildman–Crippen LogP) is 1.07. The second-order valence-corrected chi connectivity index (χ2v) is 6.97. The standard InChI is InChI=1S/C14H24N2O3/c1-14(2,3)11(15)12(17)16-7-8-5-4-6-9(8)10(16)13(18)19/h8-11H,4-7,15H2,1-3H3,(H,18,19)/t8?,9?,10?,11-/m1/s1. The Morgan fingerprint density at radius 2 is 1.95 bits per heavy atom. The van der Waals surface area contributed by atoms with Crippen molar-refractivity contribution in [1.82, 2.24) is 4.90 Å². The van der Waals surface area contributed by atoms with Crippen LogP contribution < -0.4 is 5.73 Å². The van der Waals surface area contributed by atoms with Gasteiger partial charge in [-0.2, -0.15) is 0 Å². The van der Waals surface area contributed by atoms with Crippen LogP contribution in [0.25, 0.3) is 0 Å². The minimum absolute atomic E-state index is 0.119. The van der Waals surface area contributed by atoms with E-state index in [2.05, 4.69) is 0 Å². The van der Waals surface area contributed by atoms with Crippen molar-refractivity contribution in [3.63, 3.8) is 0 Å². The number of hydrogen-bond acceptors (Lipinski definition) is 3. The van der Waals surface area contributed by atoms with Crippen molar-refractivity contribution >= 4 is 11.9 Å². The minimum Gasteiger partial charge on any atom is -0.480 e. The Hall–Kier alpha value is -1.10. The molecular weight excluding hydrogens is 244 g/mol. The Morgan fingerprint density at radius 3 is 2.47 bits per heavy atom. The molecule has 19 heavy (non-hydrogen) atoms. The average molecular weight is 268 g/mol. The third-order valence-corrected chi connectivity index (χ3v) is 4.63. The first kappa shape index (κ1) is 14.3. The van der Waals surface area contributed by atoms with Gasteiger partial charge in [-0.05, 0) is 30.1 Å². The molecule has 2 aliphatic rings. The van der Waals surface area contributed by atoms with Gasteiger partial charge in [0.1, 0.15) is 6.04 Å². The smallest absolute Gasteiger partial charge is 0.326 e. The van der Waals surface area contributed by atoms with E-state index in [0.29, 0.717) is 12.5 Å². The quantitative estimate of drug-likeness (QED) is 0.784. The molecule has 1 aliphatic carbocycles. The number of likely N-dealkylation sites (tertiary alicyclic amines) is 1. The van der Waals surface area contributed by atoms with Crippen LogP contribution in [0.5, 0.6) is 0 Å². The van der Waals surface area contributed by atoms with Crippen LogP contribution in [0, 0.1) is 17.3 Å². The van der Waals surface area contributed by atoms with Gasteiger partial charge >= 0.3 is 5.97 Å². The highest BCUT2D eigenvalue weighted by Crippen LogP contribution is 2.42. The van der Waals surface area contributed by atoms with Crippen LogP contribution in [-0.2, 0) is 9.59 Å². The topological polar surface area (TPSA) is 83.6 Å². The van der Waals surface area contributed by atoms with E-state index in [4.69, 9.17) is 5.73 Å². The average Bonchev–Trinajstić information content (AvgIpc) is 2.83. The molecule has 1 aliphatic heterocycles. The largest absolute Gasteiger partial charge is 0.480 e. The molecule has 0 spiro atoms. The van der Waals surface area contributed by atoms with E-state index in [1.165, 1.54) is 4.90 Å². The van der Waals surface area contributed by atoms with Crippen molar-refractivity contribution in [3.05, 3.63) is 0 Å². The number of carboxylic acid groups (broad SMARTS) is 1. The fraction of sp³-hybridized carbons (Fsp3) is 0.857. The summed E-state index contributed by atoms with van der Waals surface area (Å²) < 4.78 is 0. The molecule has 3 N–H and O–H groups in total. The first-order valence-electron chi connectivity index (χ1n) is 7.02. The molecule has 0 aromatic carbocycles. The molecule has 5 heteroatoms. The fourth-order valence-electron chi connectivity index (χ4n) is 3.40. The summed E-state index contributed by atoms with van der Waals surface area (Å²) in [6, 6.07) is -1.32. The zero-order chi connectivity index (χ0) is 14.4. The van der Waals surface area contributed by atoms with Gasteiger partial charge in [0.15, 0.2) is 0 Å². The van der Waals surface area contributed by atoms with E-state index < -0.39 is 18.1 Å². The lowest BCUT2D eigenvalue weighted by atomic mass is 9.86. The number of rotatable bonds is 2. The summed E-state index contributed by atoms with van der Waals surface area (Å²) in [4.78, 5) is 25.5. The molecule has 0 aromatic heterocycles. The van der Waals surface area contributed by atoms with Gasteiger partial charge in [-0.25, -0.2) is 4.79 Å². The lowest BCUT2D eigenvalue weighted by Gasteiger charge is -2.32. The Morgan fingerprint density at radius 1 is 1.32 bits per heavy atom. The number of aliphatic carboxylic acids is 1. The van der Waals surface area contributed by atoms with Crippen molar-refractivity contribution in [2.75, 3.05) is 6.54 Å². The fourth-order valence-corrected chi connectivity index (χ4v) is 3.40. The number of nitrogens with zero attached hydrogens (tertiary/aromatic N) is 1. The van der Waals surface area contributed by atoms with Crippen LogP contribution >= 0.6 is 0 Å². The van der Waals surface area contributed by atoms with E-state index >= 15 is 0 Å².